The number of esters is 1. The van der Waals surface area contributed by atoms with E-state index >= 15 is 0 Å². The number of carbonyl (C=O) groups is 3. The molecule has 8 heteroatoms. The first-order valence-corrected chi connectivity index (χ1v) is 8.44. The molecule has 0 aromatic heterocycles. The van der Waals surface area contributed by atoms with E-state index in [0.717, 1.165) is 0 Å². The first-order chi connectivity index (χ1) is 11.3. The van der Waals surface area contributed by atoms with Crippen LogP contribution in [0.4, 0.5) is 4.79 Å². The van der Waals surface area contributed by atoms with Gasteiger partial charge >= 0.3 is 12.1 Å². The average Bonchev–Trinajstić information content (AvgIpc) is 2.71. The van der Waals surface area contributed by atoms with E-state index in [0.29, 0.717) is 13.0 Å². The van der Waals surface area contributed by atoms with Crippen molar-refractivity contribution in [3.63, 3.8) is 0 Å². The smallest absolute Gasteiger partial charge is 0.413 e. The summed E-state index contributed by atoms with van der Waals surface area (Å²) in [6.07, 6.45) is -0.409. The van der Waals surface area contributed by atoms with E-state index in [-0.39, 0.29) is 24.6 Å². The molecule has 0 aliphatic carbocycles. The molecule has 8 nitrogen and oxygen atoms in total. The molecule has 0 saturated carbocycles. The molecule has 0 spiro atoms. The number of rotatable bonds is 5. The lowest BCUT2D eigenvalue weighted by Crippen LogP contribution is -2.54. The highest BCUT2D eigenvalue weighted by atomic mass is 16.6. The summed E-state index contributed by atoms with van der Waals surface area (Å²) in [5.41, 5.74) is -1.61. The summed E-state index contributed by atoms with van der Waals surface area (Å²) in [5, 5.41) is 2.75. The summed E-state index contributed by atoms with van der Waals surface area (Å²) in [5.74, 6) is -0.688. The molecule has 2 amide bonds. The molecule has 1 fully saturated rings. The first-order valence-electron chi connectivity index (χ1n) is 8.44. The number of ether oxygens (including phenoxy) is 3. The topological polar surface area (TPSA) is 94.2 Å². The summed E-state index contributed by atoms with van der Waals surface area (Å²) in [7, 11) is 0. The second-order valence-electron chi connectivity index (χ2n) is 7.62. The predicted molar refractivity (Wildman–Crippen MR) is 90.7 cm³/mol. The molecule has 1 N–H and O–H groups in total. The van der Waals surface area contributed by atoms with Crippen molar-refractivity contribution in [2.24, 2.45) is 0 Å². The second kappa shape index (κ2) is 8.03. The van der Waals surface area contributed by atoms with Gasteiger partial charge in [0.05, 0.1) is 6.61 Å². The van der Waals surface area contributed by atoms with Gasteiger partial charge in [0.25, 0.3) is 0 Å². The molecule has 0 aromatic carbocycles. The highest BCUT2D eigenvalue weighted by molar-refractivity contribution is 5.86. The molecule has 1 aliphatic heterocycles. The number of carbonyl (C=O) groups excluding carboxylic acids is 3. The fraction of sp³-hybridized carbons (Fsp3) is 0.824. The number of amides is 2. The van der Waals surface area contributed by atoms with Gasteiger partial charge in [0.1, 0.15) is 23.5 Å². The Labute approximate surface area is 149 Å². The van der Waals surface area contributed by atoms with Crippen molar-refractivity contribution in [2.45, 2.75) is 78.4 Å². The summed E-state index contributed by atoms with van der Waals surface area (Å²) >= 11 is 0. The molecular weight excluding hydrogens is 328 g/mol. The van der Waals surface area contributed by atoms with Crippen LogP contribution in [0.1, 0.15) is 54.9 Å². The SMILES string of the molecule is CC(=O)O[C@H](C)CCNC(=O)[C@@H]1COC(C)(C)N1C(=O)OC(C)(C)C. The van der Waals surface area contributed by atoms with Gasteiger partial charge in [-0.1, -0.05) is 0 Å². The maximum Gasteiger partial charge on any atom is 0.413 e. The lowest BCUT2D eigenvalue weighted by atomic mass is 10.2. The molecule has 25 heavy (non-hydrogen) atoms. The molecule has 1 heterocycles. The predicted octanol–water partition coefficient (Wildman–Crippen LogP) is 1.82. The molecule has 0 bridgehead atoms. The third-order valence-corrected chi connectivity index (χ3v) is 3.60. The van der Waals surface area contributed by atoms with Crippen LogP contribution in [0, 0.1) is 0 Å². The van der Waals surface area contributed by atoms with Gasteiger partial charge in [0.15, 0.2) is 0 Å². The minimum absolute atomic E-state index is 0.0948. The van der Waals surface area contributed by atoms with E-state index in [1.165, 1.54) is 11.8 Å². The van der Waals surface area contributed by atoms with Crippen LogP contribution < -0.4 is 5.32 Å². The maximum absolute atomic E-state index is 12.5. The monoisotopic (exact) mass is 358 g/mol. The Balaban J connectivity index is 2.66. The van der Waals surface area contributed by atoms with Crippen molar-refractivity contribution in [1.82, 2.24) is 10.2 Å². The number of hydrogen-bond acceptors (Lipinski definition) is 6. The van der Waals surface area contributed by atoms with Crippen LogP contribution in [0.3, 0.4) is 0 Å². The lowest BCUT2D eigenvalue weighted by Gasteiger charge is -2.34. The van der Waals surface area contributed by atoms with Crippen LogP contribution in [0.2, 0.25) is 0 Å². The van der Waals surface area contributed by atoms with Crippen molar-refractivity contribution in [2.75, 3.05) is 13.2 Å². The molecule has 0 aromatic rings. The minimum atomic E-state index is -0.935. The van der Waals surface area contributed by atoms with Crippen LogP contribution >= 0.6 is 0 Å². The quantitative estimate of drug-likeness (QED) is 0.754. The van der Waals surface area contributed by atoms with E-state index in [9.17, 15) is 14.4 Å². The molecule has 144 valence electrons. The van der Waals surface area contributed by atoms with Crippen molar-refractivity contribution in [3.8, 4) is 0 Å². The van der Waals surface area contributed by atoms with Crippen molar-refractivity contribution in [3.05, 3.63) is 0 Å². The Kier molecular flexibility index (Phi) is 6.82. The van der Waals surface area contributed by atoms with Gasteiger partial charge in [-0.15, -0.1) is 0 Å². The second-order valence-corrected chi connectivity index (χ2v) is 7.62. The van der Waals surface area contributed by atoms with Gasteiger partial charge in [0, 0.05) is 19.9 Å². The Morgan fingerprint density at radius 2 is 1.92 bits per heavy atom. The van der Waals surface area contributed by atoms with Gasteiger partial charge in [-0.2, -0.15) is 0 Å². The molecular formula is C17H30N2O6. The van der Waals surface area contributed by atoms with Gasteiger partial charge < -0.3 is 19.5 Å². The third kappa shape index (κ3) is 6.53. The van der Waals surface area contributed by atoms with Gasteiger partial charge in [-0.3, -0.25) is 14.5 Å². The van der Waals surface area contributed by atoms with E-state index in [1.807, 2.05) is 0 Å². The molecule has 0 radical (unpaired) electrons. The molecule has 2 atom stereocenters. The van der Waals surface area contributed by atoms with E-state index < -0.39 is 23.5 Å². The Bertz CT molecular complexity index is 512. The molecule has 1 rings (SSSR count). The Morgan fingerprint density at radius 3 is 2.44 bits per heavy atom. The van der Waals surface area contributed by atoms with E-state index in [4.69, 9.17) is 14.2 Å². The lowest BCUT2D eigenvalue weighted by molar-refractivity contribution is -0.145. The van der Waals surface area contributed by atoms with Gasteiger partial charge in [-0.05, 0) is 41.5 Å². The largest absolute Gasteiger partial charge is 0.463 e. The van der Waals surface area contributed by atoms with E-state index in [2.05, 4.69) is 5.32 Å². The molecule has 1 aliphatic rings. The standard InChI is InChI=1S/C17H30N2O6/c1-11(24-12(2)20)8-9-18-14(21)13-10-23-17(6,7)19(13)15(22)25-16(3,4)5/h11,13H,8-10H2,1-7H3,(H,18,21)/t11-,13+/m1/s1. The van der Waals surface area contributed by atoms with Crippen LogP contribution in [0.5, 0.6) is 0 Å². The average molecular weight is 358 g/mol. The highest BCUT2D eigenvalue weighted by Crippen LogP contribution is 2.29. The zero-order valence-corrected chi connectivity index (χ0v) is 16.2. The Hall–Kier alpha value is -1.83. The molecule has 1 saturated heterocycles. The summed E-state index contributed by atoms with van der Waals surface area (Å²) in [4.78, 5) is 37.2. The fourth-order valence-corrected chi connectivity index (χ4v) is 2.51. The van der Waals surface area contributed by atoms with Gasteiger partial charge in [-0.25, -0.2) is 4.79 Å². The first kappa shape index (κ1) is 21.2. The fourth-order valence-electron chi connectivity index (χ4n) is 2.51. The highest BCUT2D eigenvalue weighted by Gasteiger charge is 2.48. The van der Waals surface area contributed by atoms with Crippen LogP contribution in [0.25, 0.3) is 0 Å². The maximum atomic E-state index is 12.5. The van der Waals surface area contributed by atoms with Crippen molar-refractivity contribution in [1.29, 1.82) is 0 Å². The summed E-state index contributed by atoms with van der Waals surface area (Å²) in [6, 6.07) is -0.770. The minimum Gasteiger partial charge on any atom is -0.463 e. The summed E-state index contributed by atoms with van der Waals surface area (Å²) in [6.45, 7) is 12.2. The van der Waals surface area contributed by atoms with Crippen LogP contribution in [-0.4, -0.2) is 59.5 Å². The van der Waals surface area contributed by atoms with Crippen molar-refractivity contribution >= 4 is 18.0 Å². The zero-order chi connectivity index (χ0) is 19.4. The Morgan fingerprint density at radius 1 is 1.32 bits per heavy atom. The van der Waals surface area contributed by atoms with E-state index in [1.54, 1.807) is 41.5 Å². The van der Waals surface area contributed by atoms with Crippen LogP contribution in [0.15, 0.2) is 0 Å². The van der Waals surface area contributed by atoms with Gasteiger partial charge in [0.2, 0.25) is 5.91 Å². The number of nitrogens with one attached hydrogen (secondary N) is 1. The zero-order valence-electron chi connectivity index (χ0n) is 16.2. The number of nitrogens with zero attached hydrogens (tertiary/aromatic N) is 1. The third-order valence-electron chi connectivity index (χ3n) is 3.60. The van der Waals surface area contributed by atoms with Crippen molar-refractivity contribution < 1.29 is 28.6 Å². The van der Waals surface area contributed by atoms with Crippen LogP contribution in [-0.2, 0) is 23.8 Å². The summed E-state index contributed by atoms with van der Waals surface area (Å²) < 4.78 is 16.0. The molecule has 0 unspecified atom stereocenters. The number of hydrogen-bond donors (Lipinski definition) is 1. The normalized spacial score (nSPS) is 20.8.